The fraction of sp³-hybridized carbons (Fsp3) is 0.583. The Labute approximate surface area is 190 Å². The van der Waals surface area contributed by atoms with E-state index in [1.54, 1.807) is 40.0 Å². The maximum Gasteiger partial charge on any atom is 0.405 e. The normalized spacial score (nSPS) is 16.3. The monoisotopic (exact) mass is 453 g/mol. The van der Waals surface area contributed by atoms with Crippen LogP contribution in [0.4, 0.5) is 13.6 Å². The standard InChI is InChI=1S/C17H20F2N2O.C5H11NO2.C2H6/c1-11(22-2)15-9-20-16-8-3-5-12(10-21(15)16)13-6-4-7-14(18)17(13)19;1-5(2,3)8-4(6)7;1-2/h4,6-7,9,11-12H,3,5,8,10H2,1-2H3;1-3H3,(H2,6,7);1-2H3/t11?,12-;;/m1../s1. The first-order chi connectivity index (χ1) is 15.0. The number of amides is 1. The van der Waals surface area contributed by atoms with Crippen molar-refractivity contribution in [2.75, 3.05) is 7.11 Å². The number of benzene rings is 1. The highest BCUT2D eigenvalue weighted by Gasteiger charge is 2.25. The molecule has 1 aliphatic heterocycles. The van der Waals surface area contributed by atoms with E-state index in [0.29, 0.717) is 12.1 Å². The summed E-state index contributed by atoms with van der Waals surface area (Å²) in [6.07, 6.45) is 3.62. The zero-order valence-corrected chi connectivity index (χ0v) is 20.2. The van der Waals surface area contributed by atoms with Crippen molar-refractivity contribution in [1.82, 2.24) is 9.55 Å². The van der Waals surface area contributed by atoms with Gasteiger partial charge in [0.05, 0.1) is 18.0 Å². The summed E-state index contributed by atoms with van der Waals surface area (Å²) in [4.78, 5) is 14.5. The number of carbonyl (C=O) groups is 1. The van der Waals surface area contributed by atoms with Gasteiger partial charge in [-0.1, -0.05) is 26.0 Å². The summed E-state index contributed by atoms with van der Waals surface area (Å²) in [6, 6.07) is 4.42. The lowest BCUT2D eigenvalue weighted by Gasteiger charge is -2.20. The van der Waals surface area contributed by atoms with Crippen molar-refractivity contribution in [3.63, 3.8) is 0 Å². The lowest BCUT2D eigenvalue weighted by molar-refractivity contribution is 0.0600. The van der Waals surface area contributed by atoms with Gasteiger partial charge in [0.15, 0.2) is 11.6 Å². The number of aryl methyl sites for hydroxylation is 1. The van der Waals surface area contributed by atoms with Gasteiger partial charge in [0.1, 0.15) is 11.4 Å². The fourth-order valence-electron chi connectivity index (χ4n) is 3.49. The molecule has 0 saturated carbocycles. The summed E-state index contributed by atoms with van der Waals surface area (Å²) >= 11 is 0. The molecule has 0 bridgehead atoms. The van der Waals surface area contributed by atoms with E-state index in [4.69, 9.17) is 10.5 Å². The highest BCUT2D eigenvalue weighted by atomic mass is 19.2. The van der Waals surface area contributed by atoms with E-state index in [1.165, 1.54) is 0 Å². The van der Waals surface area contributed by atoms with Gasteiger partial charge in [-0.05, 0) is 52.2 Å². The van der Waals surface area contributed by atoms with Gasteiger partial charge >= 0.3 is 6.09 Å². The molecule has 0 aliphatic carbocycles. The molecule has 8 heteroatoms. The smallest absolute Gasteiger partial charge is 0.405 e. The average molecular weight is 454 g/mol. The van der Waals surface area contributed by atoms with Crippen molar-refractivity contribution in [3.8, 4) is 0 Å². The van der Waals surface area contributed by atoms with Crippen LogP contribution in [0.3, 0.4) is 0 Å². The van der Waals surface area contributed by atoms with Crippen LogP contribution in [0, 0.1) is 11.6 Å². The molecule has 2 heterocycles. The first kappa shape index (κ1) is 27.6. The second kappa shape index (κ2) is 12.5. The second-order valence-electron chi connectivity index (χ2n) is 8.35. The third kappa shape index (κ3) is 7.89. The summed E-state index contributed by atoms with van der Waals surface area (Å²) in [7, 11) is 1.66. The third-order valence-corrected chi connectivity index (χ3v) is 4.92. The minimum Gasteiger partial charge on any atom is -0.444 e. The zero-order chi connectivity index (χ0) is 24.5. The van der Waals surface area contributed by atoms with Crippen LogP contribution < -0.4 is 5.73 Å². The van der Waals surface area contributed by atoms with Gasteiger partial charge in [0.2, 0.25) is 0 Å². The second-order valence-corrected chi connectivity index (χ2v) is 8.35. The number of carbonyl (C=O) groups excluding carboxylic acids is 1. The predicted octanol–water partition coefficient (Wildman–Crippen LogP) is 5.90. The van der Waals surface area contributed by atoms with Crippen LogP contribution >= 0.6 is 0 Å². The summed E-state index contributed by atoms with van der Waals surface area (Å²) in [5, 5.41) is 0. The number of ether oxygens (including phenoxy) is 2. The number of fused-ring (bicyclic) bond motifs is 1. The lowest BCUT2D eigenvalue weighted by atomic mass is 9.93. The minimum absolute atomic E-state index is 0.0473. The Bertz CT molecular complexity index is 863. The Morgan fingerprint density at radius 1 is 1.28 bits per heavy atom. The van der Waals surface area contributed by atoms with Crippen LogP contribution in [0.15, 0.2) is 24.4 Å². The number of hydrogen-bond acceptors (Lipinski definition) is 4. The van der Waals surface area contributed by atoms with Crippen molar-refractivity contribution < 1.29 is 23.0 Å². The Hall–Kier alpha value is -2.48. The van der Waals surface area contributed by atoms with Crippen LogP contribution in [0.25, 0.3) is 0 Å². The van der Waals surface area contributed by atoms with Gasteiger partial charge in [0, 0.05) is 26.0 Å². The van der Waals surface area contributed by atoms with Crippen LogP contribution in [-0.2, 0) is 22.4 Å². The molecule has 2 N–H and O–H groups in total. The van der Waals surface area contributed by atoms with Gasteiger partial charge in [-0.3, -0.25) is 0 Å². The van der Waals surface area contributed by atoms with E-state index in [-0.39, 0.29) is 12.0 Å². The van der Waals surface area contributed by atoms with E-state index in [9.17, 15) is 13.6 Å². The number of primary amides is 1. The van der Waals surface area contributed by atoms with E-state index in [1.807, 2.05) is 27.0 Å². The van der Waals surface area contributed by atoms with E-state index in [0.717, 1.165) is 36.8 Å². The number of nitrogens with zero attached hydrogens (tertiary/aromatic N) is 2. The quantitative estimate of drug-likeness (QED) is 0.628. The SMILES string of the molecule is CC.CC(C)(C)OC(N)=O.COC(C)c1cnc2n1C[C@H](c1cccc(F)c1F)CCC2. The van der Waals surface area contributed by atoms with Crippen molar-refractivity contribution in [2.45, 2.75) is 85.0 Å². The van der Waals surface area contributed by atoms with E-state index in [2.05, 4.69) is 14.3 Å². The third-order valence-electron chi connectivity index (χ3n) is 4.92. The van der Waals surface area contributed by atoms with Crippen LogP contribution in [-0.4, -0.2) is 28.4 Å². The molecule has 32 heavy (non-hydrogen) atoms. The number of halogens is 2. The Morgan fingerprint density at radius 3 is 2.47 bits per heavy atom. The van der Waals surface area contributed by atoms with Gasteiger partial charge in [-0.15, -0.1) is 0 Å². The number of rotatable bonds is 3. The van der Waals surface area contributed by atoms with Gasteiger partial charge < -0.3 is 19.8 Å². The maximum atomic E-state index is 14.1. The van der Waals surface area contributed by atoms with Gasteiger partial charge in [-0.25, -0.2) is 18.6 Å². The van der Waals surface area contributed by atoms with Crippen molar-refractivity contribution in [1.29, 1.82) is 0 Å². The zero-order valence-electron chi connectivity index (χ0n) is 20.2. The Balaban J connectivity index is 0.000000436. The molecule has 2 atom stereocenters. The topological polar surface area (TPSA) is 79.4 Å². The molecule has 6 nitrogen and oxygen atoms in total. The largest absolute Gasteiger partial charge is 0.444 e. The number of methoxy groups -OCH3 is 1. The molecule has 1 amide bonds. The van der Waals surface area contributed by atoms with Crippen molar-refractivity contribution in [3.05, 3.63) is 53.1 Å². The summed E-state index contributed by atoms with van der Waals surface area (Å²) in [6.45, 7) is 11.9. The summed E-state index contributed by atoms with van der Waals surface area (Å²) < 4.78 is 39.7. The molecule has 180 valence electrons. The molecule has 2 aromatic rings. The molecule has 0 radical (unpaired) electrons. The Kier molecular flexibility index (Phi) is 10.8. The predicted molar refractivity (Wildman–Crippen MR) is 121 cm³/mol. The Morgan fingerprint density at radius 2 is 1.94 bits per heavy atom. The highest BCUT2D eigenvalue weighted by Crippen LogP contribution is 2.32. The summed E-state index contributed by atoms with van der Waals surface area (Å²) in [5.74, 6) is -0.553. The molecule has 1 aliphatic rings. The maximum absolute atomic E-state index is 14.1. The van der Waals surface area contributed by atoms with Crippen molar-refractivity contribution in [2.24, 2.45) is 5.73 Å². The van der Waals surface area contributed by atoms with E-state index >= 15 is 0 Å². The van der Waals surface area contributed by atoms with Crippen LogP contribution in [0.1, 0.15) is 83.5 Å². The number of hydrogen-bond donors (Lipinski definition) is 1. The lowest BCUT2D eigenvalue weighted by Crippen LogP contribution is -2.27. The fourth-order valence-corrected chi connectivity index (χ4v) is 3.49. The molecule has 1 unspecified atom stereocenters. The molecular weight excluding hydrogens is 416 g/mol. The number of aromatic nitrogens is 2. The number of nitrogens with two attached hydrogens (primary N) is 1. The minimum atomic E-state index is -0.780. The molecule has 0 spiro atoms. The highest BCUT2D eigenvalue weighted by molar-refractivity contribution is 5.65. The average Bonchev–Trinajstić information content (AvgIpc) is 2.99. The molecule has 1 aromatic carbocycles. The molecular formula is C24H37F2N3O3. The first-order valence-electron chi connectivity index (χ1n) is 11.0. The number of imidazole rings is 1. The molecule has 0 fully saturated rings. The van der Waals surface area contributed by atoms with E-state index < -0.39 is 23.3 Å². The van der Waals surface area contributed by atoms with Crippen molar-refractivity contribution >= 4 is 6.09 Å². The van der Waals surface area contributed by atoms with Crippen LogP contribution in [0.5, 0.6) is 0 Å². The summed E-state index contributed by atoms with van der Waals surface area (Å²) in [5.41, 5.74) is 5.71. The van der Waals surface area contributed by atoms with Crippen LogP contribution in [0.2, 0.25) is 0 Å². The van der Waals surface area contributed by atoms with Gasteiger partial charge in [0.25, 0.3) is 0 Å². The van der Waals surface area contributed by atoms with Gasteiger partial charge in [-0.2, -0.15) is 0 Å². The molecule has 3 rings (SSSR count). The first-order valence-corrected chi connectivity index (χ1v) is 11.0. The molecule has 0 saturated heterocycles. The molecule has 1 aromatic heterocycles.